The van der Waals surface area contributed by atoms with Gasteiger partial charge in [-0.15, -0.1) is 11.3 Å². The number of aliphatic hydroxyl groups is 1. The van der Waals surface area contributed by atoms with Gasteiger partial charge in [0.25, 0.3) is 0 Å². The Labute approximate surface area is 253 Å². The molecule has 0 saturated carbocycles. The number of hydrogen-bond acceptors (Lipinski definition) is 11. The van der Waals surface area contributed by atoms with Crippen molar-refractivity contribution in [2.75, 3.05) is 75.4 Å². The van der Waals surface area contributed by atoms with E-state index in [9.17, 15) is 15.8 Å². The molecule has 1 spiro atoms. The Kier molecular flexibility index (Phi) is 7.89. The zero-order valence-electron chi connectivity index (χ0n) is 25.1. The second kappa shape index (κ2) is 11.5. The minimum absolute atomic E-state index is 0.192. The summed E-state index contributed by atoms with van der Waals surface area (Å²) >= 11 is 1.48. The number of aryl methyl sites for hydroxylation is 1. The van der Waals surface area contributed by atoms with Gasteiger partial charge in [0.15, 0.2) is 5.82 Å². The summed E-state index contributed by atoms with van der Waals surface area (Å²) in [6, 6.07) is 4.70. The van der Waals surface area contributed by atoms with E-state index in [1.54, 1.807) is 0 Å². The maximum Gasteiger partial charge on any atom is 0.181 e. The molecule has 224 valence electrons. The summed E-state index contributed by atoms with van der Waals surface area (Å²) in [5, 5.41) is 32.0. The molecule has 2 fully saturated rings. The Hall–Kier alpha value is -3.20. The number of nitrogen functional groups attached to an aromatic ring is 1. The Morgan fingerprint density at radius 2 is 1.76 bits per heavy atom. The van der Waals surface area contributed by atoms with Crippen molar-refractivity contribution in [3.8, 4) is 6.07 Å². The van der Waals surface area contributed by atoms with Gasteiger partial charge in [0.05, 0.1) is 11.0 Å². The minimum atomic E-state index is -0.672. The molecule has 2 saturated heterocycles. The summed E-state index contributed by atoms with van der Waals surface area (Å²) < 4.78 is 0. The normalized spacial score (nSPS) is 25.8. The quantitative estimate of drug-likeness (QED) is 0.454. The summed E-state index contributed by atoms with van der Waals surface area (Å²) in [5.74, 6) is 2.28. The van der Waals surface area contributed by atoms with E-state index in [1.807, 2.05) is 0 Å². The van der Waals surface area contributed by atoms with Crippen molar-refractivity contribution in [2.24, 2.45) is 0 Å². The molecule has 6 rings (SSSR count). The molecule has 4 heterocycles. The SMILES string of the molecule is C[C@H]1CN(C)CCCN1c1cc(N2CCN(C)CC2)nc(C(=N)C2=C(O)[C@@]3(CCC2)CCCc2sc(N)c(C#N)c23)n1. The van der Waals surface area contributed by atoms with Crippen LogP contribution >= 0.6 is 11.3 Å². The maximum absolute atomic E-state index is 12.0. The Morgan fingerprint density at radius 1 is 1.05 bits per heavy atom. The molecule has 4 N–H and O–H groups in total. The lowest BCUT2D eigenvalue weighted by Gasteiger charge is -2.41. The number of nitrogens with two attached hydrogens (primary N) is 1. The number of fused-ring (bicyclic) bond motifs is 2. The van der Waals surface area contributed by atoms with Crippen molar-refractivity contribution in [1.82, 2.24) is 19.8 Å². The van der Waals surface area contributed by atoms with E-state index in [-0.39, 0.29) is 17.5 Å². The fraction of sp³-hybridized carbons (Fsp3) is 0.613. The molecule has 42 heavy (non-hydrogen) atoms. The zero-order chi connectivity index (χ0) is 29.6. The molecule has 2 aliphatic heterocycles. The highest BCUT2D eigenvalue weighted by Gasteiger charge is 2.47. The van der Waals surface area contributed by atoms with Gasteiger partial charge in [0.1, 0.15) is 34.2 Å². The summed E-state index contributed by atoms with van der Waals surface area (Å²) in [6.45, 7) is 8.78. The third kappa shape index (κ3) is 5.03. The number of anilines is 3. The number of thiophene rings is 1. The number of likely N-dealkylation sites (N-methyl/N-ethyl adjacent to an activating group) is 2. The van der Waals surface area contributed by atoms with Crippen LogP contribution in [0.4, 0.5) is 16.6 Å². The number of piperazine rings is 1. The van der Waals surface area contributed by atoms with Crippen LogP contribution in [0.15, 0.2) is 17.4 Å². The van der Waals surface area contributed by atoms with Crippen LogP contribution in [0.2, 0.25) is 0 Å². The van der Waals surface area contributed by atoms with Gasteiger partial charge in [-0.25, -0.2) is 9.97 Å². The number of nitriles is 1. The van der Waals surface area contributed by atoms with E-state index in [1.165, 1.54) is 11.3 Å². The van der Waals surface area contributed by atoms with Crippen LogP contribution < -0.4 is 15.5 Å². The first-order valence-corrected chi connectivity index (χ1v) is 16.1. The molecule has 10 nitrogen and oxygen atoms in total. The Bertz CT molecular complexity index is 1440. The van der Waals surface area contributed by atoms with Crippen LogP contribution in [0.3, 0.4) is 0 Å². The number of nitrogens with zero attached hydrogens (tertiary/aromatic N) is 7. The van der Waals surface area contributed by atoms with Gasteiger partial charge in [0.2, 0.25) is 0 Å². The van der Waals surface area contributed by atoms with Crippen molar-refractivity contribution in [1.29, 1.82) is 10.7 Å². The fourth-order valence-electron chi connectivity index (χ4n) is 7.52. The number of aromatic nitrogens is 2. The standard InChI is InChI=1S/C31H43N9OS/c1-20-19-38(3)11-6-12-40(20)25-17-24(39-15-13-37(2)14-16-39)35-30(36-25)27(33)21-7-4-9-31(28(21)41)10-5-8-23-26(31)22(18-32)29(34)42-23/h17,20,33,41H,4-16,19,34H2,1-3H3/t20-,31-/m0/s1. The molecule has 0 unspecified atom stereocenters. The number of aliphatic hydroxyl groups excluding tert-OH is 1. The largest absolute Gasteiger partial charge is 0.511 e. The van der Waals surface area contributed by atoms with Gasteiger partial charge in [-0.05, 0) is 78.1 Å². The van der Waals surface area contributed by atoms with Crippen LogP contribution in [-0.4, -0.2) is 96.5 Å². The lowest BCUT2D eigenvalue weighted by Crippen LogP contribution is -2.45. The topological polar surface area (TPSA) is 133 Å². The lowest BCUT2D eigenvalue weighted by molar-refractivity contribution is 0.232. The summed E-state index contributed by atoms with van der Waals surface area (Å²) in [7, 11) is 4.31. The number of rotatable bonds is 4. The molecule has 2 aliphatic carbocycles. The molecule has 0 amide bonds. The monoisotopic (exact) mass is 589 g/mol. The average molecular weight is 590 g/mol. The van der Waals surface area contributed by atoms with Crippen LogP contribution in [0.1, 0.15) is 67.3 Å². The lowest BCUT2D eigenvalue weighted by atomic mass is 9.63. The molecular weight excluding hydrogens is 546 g/mol. The third-order valence-corrected chi connectivity index (χ3v) is 10.8. The van der Waals surface area contributed by atoms with Crippen molar-refractivity contribution < 1.29 is 5.11 Å². The van der Waals surface area contributed by atoms with Gasteiger partial charge >= 0.3 is 0 Å². The van der Waals surface area contributed by atoms with E-state index in [4.69, 9.17) is 15.7 Å². The molecule has 2 aromatic rings. The van der Waals surface area contributed by atoms with Crippen molar-refractivity contribution in [3.63, 3.8) is 0 Å². The first kappa shape index (κ1) is 28.9. The fourth-order valence-corrected chi connectivity index (χ4v) is 8.68. The van der Waals surface area contributed by atoms with Gasteiger partial charge in [0, 0.05) is 61.8 Å². The Balaban J connectivity index is 1.43. The van der Waals surface area contributed by atoms with Crippen molar-refractivity contribution in [2.45, 2.75) is 63.3 Å². The predicted molar refractivity (Wildman–Crippen MR) is 169 cm³/mol. The maximum atomic E-state index is 12.0. The molecule has 0 radical (unpaired) electrons. The molecule has 2 aromatic heterocycles. The van der Waals surface area contributed by atoms with Crippen LogP contribution in [-0.2, 0) is 11.8 Å². The van der Waals surface area contributed by atoms with E-state index in [0.717, 1.165) is 106 Å². The summed E-state index contributed by atoms with van der Waals surface area (Å²) in [6.07, 6.45) is 5.75. The summed E-state index contributed by atoms with van der Waals surface area (Å²) in [5.41, 5.74) is 7.82. The molecule has 0 aromatic carbocycles. The van der Waals surface area contributed by atoms with Gasteiger partial charge in [-0.3, -0.25) is 5.41 Å². The highest BCUT2D eigenvalue weighted by Crippen LogP contribution is 2.54. The molecule has 2 atom stereocenters. The first-order chi connectivity index (χ1) is 20.2. The molecule has 0 bridgehead atoms. The number of nitrogens with one attached hydrogen (secondary N) is 1. The van der Waals surface area contributed by atoms with Crippen molar-refractivity contribution >= 4 is 33.7 Å². The number of allylic oxidation sites excluding steroid dienone is 2. The van der Waals surface area contributed by atoms with E-state index >= 15 is 0 Å². The van der Waals surface area contributed by atoms with E-state index in [0.29, 0.717) is 28.4 Å². The highest BCUT2D eigenvalue weighted by atomic mass is 32.1. The van der Waals surface area contributed by atoms with Gasteiger partial charge in [-0.1, -0.05) is 0 Å². The molecule has 4 aliphatic rings. The predicted octanol–water partition coefficient (Wildman–Crippen LogP) is 3.91. The third-order valence-electron chi connectivity index (χ3n) is 9.77. The summed E-state index contributed by atoms with van der Waals surface area (Å²) in [4.78, 5) is 20.5. The van der Waals surface area contributed by atoms with Gasteiger partial charge in [-0.2, -0.15) is 5.26 Å². The molecular formula is C31H43N9OS. The second-order valence-electron chi connectivity index (χ2n) is 12.6. The minimum Gasteiger partial charge on any atom is -0.511 e. The highest BCUT2D eigenvalue weighted by molar-refractivity contribution is 7.16. The average Bonchev–Trinajstić information content (AvgIpc) is 3.22. The smallest absolute Gasteiger partial charge is 0.181 e. The first-order valence-electron chi connectivity index (χ1n) is 15.3. The second-order valence-corrected chi connectivity index (χ2v) is 13.7. The van der Waals surface area contributed by atoms with Crippen LogP contribution in [0, 0.1) is 16.7 Å². The van der Waals surface area contributed by atoms with Crippen molar-refractivity contribution in [3.05, 3.63) is 39.2 Å². The molecule has 11 heteroatoms. The van der Waals surface area contributed by atoms with E-state index in [2.05, 4.69) is 52.8 Å². The number of hydrogen-bond donors (Lipinski definition) is 3. The zero-order valence-corrected chi connectivity index (χ0v) is 25.9. The Morgan fingerprint density at radius 3 is 2.50 bits per heavy atom. The van der Waals surface area contributed by atoms with Crippen LogP contribution in [0.5, 0.6) is 0 Å². The van der Waals surface area contributed by atoms with E-state index < -0.39 is 5.41 Å². The van der Waals surface area contributed by atoms with Crippen LogP contribution in [0.25, 0.3) is 0 Å². The van der Waals surface area contributed by atoms with Gasteiger partial charge < -0.3 is 30.4 Å².